The largest absolute Gasteiger partial charge is 0.417 e. The molecule has 1 aliphatic rings. The number of methoxy groups -OCH3 is 1. The minimum absolute atomic E-state index is 0.307. The topological polar surface area (TPSA) is 66.0 Å². The minimum Gasteiger partial charge on any atom is -0.417 e. The standard InChI is InChI=1S/C16H15BrN4O2/c1-22-9-14-18-19-16(23-14)15-12-6-3-7-13(12)21(20-15)11-5-2-4-10(17)8-11/h2,4-5,8H,3,6-7,9H2,1H3. The van der Waals surface area contributed by atoms with E-state index >= 15 is 0 Å². The lowest BCUT2D eigenvalue weighted by molar-refractivity contribution is 0.160. The van der Waals surface area contributed by atoms with Gasteiger partial charge in [-0.15, -0.1) is 10.2 Å². The molecule has 0 atom stereocenters. The summed E-state index contributed by atoms with van der Waals surface area (Å²) < 4.78 is 13.7. The third-order valence-electron chi connectivity index (χ3n) is 3.92. The van der Waals surface area contributed by atoms with E-state index in [-0.39, 0.29) is 0 Å². The van der Waals surface area contributed by atoms with Crippen LogP contribution in [0, 0.1) is 0 Å². The molecular weight excluding hydrogens is 360 g/mol. The average molecular weight is 375 g/mol. The van der Waals surface area contributed by atoms with Gasteiger partial charge in [0.1, 0.15) is 6.61 Å². The fraction of sp³-hybridized carbons (Fsp3) is 0.312. The average Bonchev–Trinajstić information content (AvgIpc) is 3.23. The molecule has 2 heterocycles. The van der Waals surface area contributed by atoms with Crippen molar-refractivity contribution in [2.45, 2.75) is 25.9 Å². The molecule has 23 heavy (non-hydrogen) atoms. The van der Waals surface area contributed by atoms with Gasteiger partial charge in [0.2, 0.25) is 5.89 Å². The first kappa shape index (κ1) is 14.6. The number of hydrogen-bond donors (Lipinski definition) is 0. The summed E-state index contributed by atoms with van der Waals surface area (Å²) >= 11 is 3.52. The number of fused-ring (bicyclic) bond motifs is 1. The molecule has 6 nitrogen and oxygen atoms in total. The first-order chi connectivity index (χ1) is 11.3. The van der Waals surface area contributed by atoms with E-state index in [2.05, 4.69) is 32.2 Å². The van der Waals surface area contributed by atoms with Gasteiger partial charge in [-0.25, -0.2) is 4.68 Å². The molecule has 7 heteroatoms. The van der Waals surface area contributed by atoms with Crippen LogP contribution in [0.25, 0.3) is 17.3 Å². The van der Waals surface area contributed by atoms with Crippen LogP contribution in [0.5, 0.6) is 0 Å². The zero-order chi connectivity index (χ0) is 15.8. The normalized spacial score (nSPS) is 13.5. The minimum atomic E-state index is 0.307. The number of halogens is 1. The second kappa shape index (κ2) is 5.90. The SMILES string of the molecule is COCc1nnc(-c2nn(-c3cccc(Br)c3)c3c2CCC3)o1. The van der Waals surface area contributed by atoms with Gasteiger partial charge in [-0.2, -0.15) is 5.10 Å². The Balaban J connectivity index is 1.81. The Labute approximate surface area is 141 Å². The van der Waals surface area contributed by atoms with Gasteiger partial charge in [0.05, 0.1) is 5.69 Å². The maximum absolute atomic E-state index is 5.68. The van der Waals surface area contributed by atoms with Gasteiger partial charge in [-0.1, -0.05) is 22.0 Å². The predicted octanol–water partition coefficient (Wildman–Crippen LogP) is 3.32. The number of rotatable bonds is 4. The van der Waals surface area contributed by atoms with Crippen LogP contribution in [-0.4, -0.2) is 27.1 Å². The molecule has 0 saturated heterocycles. The van der Waals surface area contributed by atoms with Crippen LogP contribution in [0.3, 0.4) is 0 Å². The molecule has 0 saturated carbocycles. The van der Waals surface area contributed by atoms with Crippen LogP contribution in [0.4, 0.5) is 0 Å². The predicted molar refractivity (Wildman–Crippen MR) is 87.3 cm³/mol. The number of nitrogens with zero attached hydrogens (tertiary/aromatic N) is 4. The van der Waals surface area contributed by atoms with Gasteiger partial charge in [0.25, 0.3) is 5.89 Å². The molecule has 0 amide bonds. The lowest BCUT2D eigenvalue weighted by Crippen LogP contribution is -2.01. The fourth-order valence-corrected chi connectivity index (χ4v) is 3.35. The first-order valence-electron chi connectivity index (χ1n) is 7.44. The second-order valence-corrected chi connectivity index (χ2v) is 6.37. The molecule has 0 N–H and O–H groups in total. The van der Waals surface area contributed by atoms with Crippen LogP contribution < -0.4 is 0 Å². The Morgan fingerprint density at radius 2 is 2.22 bits per heavy atom. The van der Waals surface area contributed by atoms with Crippen LogP contribution in [0.15, 0.2) is 33.2 Å². The zero-order valence-electron chi connectivity index (χ0n) is 12.6. The Morgan fingerprint density at radius 3 is 3.04 bits per heavy atom. The van der Waals surface area contributed by atoms with E-state index in [0.29, 0.717) is 18.4 Å². The van der Waals surface area contributed by atoms with Crippen molar-refractivity contribution in [1.82, 2.24) is 20.0 Å². The fourth-order valence-electron chi connectivity index (χ4n) is 2.96. The van der Waals surface area contributed by atoms with Gasteiger partial charge in [-0.05, 0) is 37.5 Å². The van der Waals surface area contributed by atoms with E-state index in [4.69, 9.17) is 14.3 Å². The van der Waals surface area contributed by atoms with Gasteiger partial charge in [0.15, 0.2) is 5.69 Å². The molecule has 1 aliphatic carbocycles. The number of aromatic nitrogens is 4. The first-order valence-corrected chi connectivity index (χ1v) is 8.24. The lowest BCUT2D eigenvalue weighted by Gasteiger charge is -2.05. The van der Waals surface area contributed by atoms with Crippen molar-refractivity contribution >= 4 is 15.9 Å². The highest BCUT2D eigenvalue weighted by Gasteiger charge is 2.27. The molecule has 118 valence electrons. The van der Waals surface area contributed by atoms with Crippen molar-refractivity contribution in [2.24, 2.45) is 0 Å². The Kier molecular flexibility index (Phi) is 3.74. The molecule has 0 unspecified atom stereocenters. The molecule has 1 aromatic carbocycles. The smallest absolute Gasteiger partial charge is 0.268 e. The van der Waals surface area contributed by atoms with Crippen LogP contribution >= 0.6 is 15.9 Å². The van der Waals surface area contributed by atoms with E-state index in [9.17, 15) is 0 Å². The second-order valence-electron chi connectivity index (χ2n) is 5.45. The lowest BCUT2D eigenvalue weighted by atomic mass is 10.2. The van der Waals surface area contributed by atoms with Crippen molar-refractivity contribution in [1.29, 1.82) is 0 Å². The van der Waals surface area contributed by atoms with E-state index in [0.717, 1.165) is 35.1 Å². The van der Waals surface area contributed by atoms with Crippen molar-refractivity contribution in [3.63, 3.8) is 0 Å². The van der Waals surface area contributed by atoms with Gasteiger partial charge in [0, 0.05) is 22.8 Å². The summed E-state index contributed by atoms with van der Waals surface area (Å²) in [7, 11) is 1.60. The summed E-state index contributed by atoms with van der Waals surface area (Å²) in [5.74, 6) is 0.926. The quantitative estimate of drug-likeness (QED) is 0.700. The Hall–Kier alpha value is -1.99. The number of ether oxygens (including phenoxy) is 1. The van der Waals surface area contributed by atoms with Crippen molar-refractivity contribution in [2.75, 3.05) is 7.11 Å². The highest BCUT2D eigenvalue weighted by Crippen LogP contribution is 2.33. The molecule has 0 bridgehead atoms. The van der Waals surface area contributed by atoms with Gasteiger partial charge < -0.3 is 9.15 Å². The highest BCUT2D eigenvalue weighted by atomic mass is 79.9. The Bertz CT molecular complexity index is 856. The van der Waals surface area contributed by atoms with Gasteiger partial charge >= 0.3 is 0 Å². The van der Waals surface area contributed by atoms with Crippen molar-refractivity contribution in [3.05, 3.63) is 45.9 Å². The summed E-state index contributed by atoms with van der Waals surface area (Å²) in [6, 6.07) is 8.11. The van der Waals surface area contributed by atoms with Crippen LogP contribution in [0.2, 0.25) is 0 Å². The summed E-state index contributed by atoms with van der Waals surface area (Å²) in [5, 5.41) is 12.9. The number of benzene rings is 1. The molecular formula is C16H15BrN4O2. The molecule has 0 aliphatic heterocycles. The molecule has 0 fully saturated rings. The zero-order valence-corrected chi connectivity index (χ0v) is 14.2. The van der Waals surface area contributed by atoms with Crippen LogP contribution in [-0.2, 0) is 24.2 Å². The Morgan fingerprint density at radius 1 is 1.30 bits per heavy atom. The van der Waals surface area contributed by atoms with E-state index in [1.165, 1.54) is 11.3 Å². The van der Waals surface area contributed by atoms with E-state index in [1.54, 1.807) is 7.11 Å². The third-order valence-corrected chi connectivity index (χ3v) is 4.41. The maximum Gasteiger partial charge on any atom is 0.268 e. The molecule has 3 aromatic rings. The van der Waals surface area contributed by atoms with E-state index in [1.807, 2.05) is 22.9 Å². The van der Waals surface area contributed by atoms with Crippen molar-refractivity contribution < 1.29 is 9.15 Å². The molecule has 2 aromatic heterocycles. The summed E-state index contributed by atoms with van der Waals surface area (Å²) in [4.78, 5) is 0. The van der Waals surface area contributed by atoms with E-state index < -0.39 is 0 Å². The summed E-state index contributed by atoms with van der Waals surface area (Å²) in [5.41, 5.74) is 4.25. The van der Waals surface area contributed by atoms with Gasteiger partial charge in [-0.3, -0.25) is 0 Å². The summed E-state index contributed by atoms with van der Waals surface area (Å²) in [6.07, 6.45) is 3.11. The molecule has 0 radical (unpaired) electrons. The third kappa shape index (κ3) is 2.60. The monoisotopic (exact) mass is 374 g/mol. The number of hydrogen-bond acceptors (Lipinski definition) is 5. The van der Waals surface area contributed by atoms with Crippen LogP contribution in [0.1, 0.15) is 23.6 Å². The van der Waals surface area contributed by atoms with Crippen molar-refractivity contribution in [3.8, 4) is 17.3 Å². The maximum atomic E-state index is 5.68. The summed E-state index contributed by atoms with van der Waals surface area (Å²) in [6.45, 7) is 0.307. The molecule has 4 rings (SSSR count). The molecule has 0 spiro atoms. The highest BCUT2D eigenvalue weighted by molar-refractivity contribution is 9.10.